The molecule has 0 aliphatic rings. The molecule has 3 rings (SSSR count). The topological polar surface area (TPSA) is 76.1 Å². The van der Waals surface area contributed by atoms with Crippen LogP contribution in [0.5, 0.6) is 0 Å². The van der Waals surface area contributed by atoms with E-state index >= 15 is 0 Å². The van der Waals surface area contributed by atoms with Crippen molar-refractivity contribution in [1.29, 1.82) is 0 Å². The van der Waals surface area contributed by atoms with E-state index in [1.54, 1.807) is 54.9 Å². The quantitative estimate of drug-likeness (QED) is 0.628. The summed E-state index contributed by atoms with van der Waals surface area (Å²) in [6.07, 6.45) is 4.92. The molecular weight excluding hydrogens is 372 g/mol. The number of ketones is 1. The monoisotopic (exact) mass is 394 g/mol. The first-order chi connectivity index (χ1) is 13.4. The van der Waals surface area contributed by atoms with Crippen molar-refractivity contribution in [2.45, 2.75) is 31.1 Å². The lowest BCUT2D eigenvalue weighted by molar-refractivity contribution is -0.118. The first-order valence-electron chi connectivity index (χ1n) is 9.01. The van der Waals surface area contributed by atoms with Crippen LogP contribution in [-0.2, 0) is 27.7 Å². The third-order valence-corrected chi connectivity index (χ3v) is 5.70. The zero-order valence-electron chi connectivity index (χ0n) is 15.6. The fourth-order valence-corrected chi connectivity index (χ4v) is 4.00. The number of hydrogen-bond acceptors (Lipinski definition) is 4. The number of aromatic nitrogens is 1. The molecule has 0 saturated carbocycles. The van der Waals surface area contributed by atoms with Crippen LogP contribution >= 0.6 is 0 Å². The van der Waals surface area contributed by atoms with Gasteiger partial charge in [-0.15, -0.1) is 0 Å². The van der Waals surface area contributed by atoms with Crippen LogP contribution in [0.4, 0.5) is 5.69 Å². The molecule has 0 spiro atoms. The second kappa shape index (κ2) is 8.80. The van der Waals surface area contributed by atoms with Crippen molar-refractivity contribution in [3.05, 3.63) is 89.7 Å². The Morgan fingerprint density at radius 3 is 2.46 bits per heavy atom. The molecule has 0 aliphatic heterocycles. The SMILES string of the molecule is Cc1cccc(S(=O)(=O)Nc2ccc(CC(=O)CCc3cccnc3)cc2)c1. The predicted molar refractivity (Wildman–Crippen MR) is 110 cm³/mol. The number of benzene rings is 2. The lowest BCUT2D eigenvalue weighted by Crippen LogP contribution is -2.13. The van der Waals surface area contributed by atoms with E-state index < -0.39 is 10.0 Å². The fraction of sp³-hybridized carbons (Fsp3) is 0.182. The summed E-state index contributed by atoms with van der Waals surface area (Å²) in [6.45, 7) is 1.85. The van der Waals surface area contributed by atoms with E-state index in [4.69, 9.17) is 0 Å². The molecule has 0 saturated heterocycles. The standard InChI is InChI=1S/C22H22N2O3S/c1-17-4-2-6-22(14-17)28(26,27)24-20-10-7-18(8-11-20)15-21(25)12-9-19-5-3-13-23-16-19/h2-8,10-11,13-14,16,24H,9,12,15H2,1H3. The number of carbonyl (C=O) groups is 1. The highest BCUT2D eigenvalue weighted by atomic mass is 32.2. The van der Waals surface area contributed by atoms with Crippen molar-refractivity contribution in [2.24, 2.45) is 0 Å². The van der Waals surface area contributed by atoms with Gasteiger partial charge in [0, 0.05) is 30.9 Å². The van der Waals surface area contributed by atoms with Crippen LogP contribution in [0, 0.1) is 6.92 Å². The van der Waals surface area contributed by atoms with Gasteiger partial charge in [0.1, 0.15) is 5.78 Å². The van der Waals surface area contributed by atoms with Crippen LogP contribution in [-0.4, -0.2) is 19.2 Å². The molecule has 5 nitrogen and oxygen atoms in total. The van der Waals surface area contributed by atoms with Gasteiger partial charge in [-0.1, -0.05) is 30.3 Å². The molecule has 2 aromatic carbocycles. The Balaban J connectivity index is 1.58. The first kappa shape index (κ1) is 19.8. The second-order valence-electron chi connectivity index (χ2n) is 6.70. The minimum Gasteiger partial charge on any atom is -0.299 e. The Labute approximate surface area is 165 Å². The minimum atomic E-state index is -3.63. The summed E-state index contributed by atoms with van der Waals surface area (Å²) in [7, 11) is -3.63. The normalized spacial score (nSPS) is 11.2. The summed E-state index contributed by atoms with van der Waals surface area (Å²) in [5.74, 6) is 0.136. The molecule has 28 heavy (non-hydrogen) atoms. The van der Waals surface area contributed by atoms with E-state index in [2.05, 4.69) is 9.71 Å². The van der Waals surface area contributed by atoms with Gasteiger partial charge >= 0.3 is 0 Å². The number of rotatable bonds is 8. The number of carbonyl (C=O) groups excluding carboxylic acids is 1. The van der Waals surface area contributed by atoms with Crippen LogP contribution in [0.1, 0.15) is 23.1 Å². The number of nitrogens with one attached hydrogen (secondary N) is 1. The maximum atomic E-state index is 12.5. The summed E-state index contributed by atoms with van der Waals surface area (Å²) in [5, 5.41) is 0. The number of aryl methyl sites for hydroxylation is 2. The number of pyridine rings is 1. The molecule has 3 aromatic rings. The van der Waals surface area contributed by atoms with Crippen molar-refractivity contribution in [2.75, 3.05) is 4.72 Å². The highest BCUT2D eigenvalue weighted by Gasteiger charge is 2.14. The van der Waals surface area contributed by atoms with Gasteiger partial charge in [0.25, 0.3) is 10.0 Å². The van der Waals surface area contributed by atoms with Crippen LogP contribution < -0.4 is 4.72 Å². The number of anilines is 1. The van der Waals surface area contributed by atoms with Crippen molar-refractivity contribution in [1.82, 2.24) is 4.98 Å². The summed E-state index contributed by atoms with van der Waals surface area (Å²) in [6, 6.07) is 17.5. The van der Waals surface area contributed by atoms with Gasteiger partial charge in [-0.25, -0.2) is 8.42 Å². The van der Waals surface area contributed by atoms with Crippen molar-refractivity contribution in [3.8, 4) is 0 Å². The number of hydrogen-bond donors (Lipinski definition) is 1. The lowest BCUT2D eigenvalue weighted by Gasteiger charge is -2.09. The highest BCUT2D eigenvalue weighted by Crippen LogP contribution is 2.18. The van der Waals surface area contributed by atoms with E-state index in [0.717, 1.165) is 16.7 Å². The molecule has 1 aromatic heterocycles. The molecule has 0 atom stereocenters. The van der Waals surface area contributed by atoms with Crippen molar-refractivity contribution < 1.29 is 13.2 Å². The average molecular weight is 394 g/mol. The molecule has 0 radical (unpaired) electrons. The zero-order chi connectivity index (χ0) is 20.0. The number of Topliss-reactive ketones (excluding diaryl/α,β-unsaturated/α-hetero) is 1. The number of sulfonamides is 1. The largest absolute Gasteiger partial charge is 0.299 e. The van der Waals surface area contributed by atoms with Crippen molar-refractivity contribution >= 4 is 21.5 Å². The predicted octanol–water partition coefficient (Wildman–Crippen LogP) is 3.94. The highest BCUT2D eigenvalue weighted by molar-refractivity contribution is 7.92. The average Bonchev–Trinajstić information content (AvgIpc) is 2.68. The van der Waals surface area contributed by atoms with Crippen LogP contribution in [0.25, 0.3) is 0 Å². The molecule has 144 valence electrons. The fourth-order valence-electron chi connectivity index (χ4n) is 2.83. The molecule has 0 bridgehead atoms. The maximum absolute atomic E-state index is 12.5. The molecule has 1 heterocycles. The van der Waals surface area contributed by atoms with Crippen LogP contribution in [0.3, 0.4) is 0 Å². The Morgan fingerprint density at radius 2 is 1.79 bits per heavy atom. The Morgan fingerprint density at radius 1 is 1.00 bits per heavy atom. The Hall–Kier alpha value is -2.99. The summed E-state index contributed by atoms with van der Waals surface area (Å²) in [5.41, 5.74) is 3.24. The summed E-state index contributed by atoms with van der Waals surface area (Å²) >= 11 is 0. The van der Waals surface area contributed by atoms with E-state index in [0.29, 0.717) is 24.9 Å². The molecule has 0 fully saturated rings. The second-order valence-corrected chi connectivity index (χ2v) is 8.38. The minimum absolute atomic E-state index is 0.136. The summed E-state index contributed by atoms with van der Waals surface area (Å²) < 4.78 is 27.5. The smallest absolute Gasteiger partial charge is 0.261 e. The third-order valence-electron chi connectivity index (χ3n) is 4.32. The molecule has 0 amide bonds. The van der Waals surface area contributed by atoms with Gasteiger partial charge < -0.3 is 0 Å². The molecule has 0 aliphatic carbocycles. The van der Waals surface area contributed by atoms with Gasteiger partial charge in [0.2, 0.25) is 0 Å². The number of nitrogens with zero attached hydrogens (tertiary/aromatic N) is 1. The first-order valence-corrected chi connectivity index (χ1v) is 10.5. The van der Waals surface area contributed by atoms with Gasteiger partial charge in [-0.3, -0.25) is 14.5 Å². The van der Waals surface area contributed by atoms with E-state index in [1.165, 1.54) is 0 Å². The van der Waals surface area contributed by atoms with Gasteiger partial charge in [0.05, 0.1) is 4.90 Å². The van der Waals surface area contributed by atoms with E-state index in [1.807, 2.05) is 25.1 Å². The van der Waals surface area contributed by atoms with Crippen LogP contribution in [0.2, 0.25) is 0 Å². The summed E-state index contributed by atoms with van der Waals surface area (Å²) in [4.78, 5) is 16.5. The van der Waals surface area contributed by atoms with Crippen LogP contribution in [0.15, 0.2) is 78.0 Å². The van der Waals surface area contributed by atoms with Crippen molar-refractivity contribution in [3.63, 3.8) is 0 Å². The lowest BCUT2D eigenvalue weighted by atomic mass is 10.0. The third kappa shape index (κ3) is 5.50. The van der Waals surface area contributed by atoms with Gasteiger partial charge in [-0.2, -0.15) is 0 Å². The van der Waals surface area contributed by atoms with Gasteiger partial charge in [-0.05, 0) is 60.4 Å². The van der Waals surface area contributed by atoms with E-state index in [-0.39, 0.29) is 10.7 Å². The molecule has 1 N–H and O–H groups in total. The Bertz CT molecular complexity index is 1050. The molecule has 6 heteroatoms. The molecular formula is C22H22N2O3S. The maximum Gasteiger partial charge on any atom is 0.261 e. The van der Waals surface area contributed by atoms with E-state index in [9.17, 15) is 13.2 Å². The zero-order valence-corrected chi connectivity index (χ0v) is 16.4. The molecule has 0 unspecified atom stereocenters. The van der Waals surface area contributed by atoms with Gasteiger partial charge in [0.15, 0.2) is 0 Å². The Kier molecular flexibility index (Phi) is 6.21.